The van der Waals surface area contributed by atoms with Gasteiger partial charge in [0.1, 0.15) is 10.7 Å². The molecular formula is C21H19N5S2. The molecule has 0 unspecified atom stereocenters. The lowest BCUT2D eigenvalue weighted by Crippen LogP contribution is -2.01. The minimum absolute atomic E-state index is 0.632. The number of hydrogen-bond donors (Lipinski definition) is 0. The first-order chi connectivity index (χ1) is 13.8. The van der Waals surface area contributed by atoms with E-state index in [2.05, 4.69) is 58.3 Å². The van der Waals surface area contributed by atoms with Gasteiger partial charge in [0.05, 0.1) is 5.69 Å². The van der Waals surface area contributed by atoms with Crippen molar-refractivity contribution in [1.29, 1.82) is 0 Å². The van der Waals surface area contributed by atoms with Crippen LogP contribution in [0.3, 0.4) is 0 Å². The molecule has 0 aliphatic heterocycles. The number of rotatable bonds is 7. The molecule has 0 saturated carbocycles. The predicted octanol–water partition coefficient (Wildman–Crippen LogP) is 5.25. The zero-order valence-electron chi connectivity index (χ0n) is 15.4. The van der Waals surface area contributed by atoms with Crippen molar-refractivity contribution in [3.05, 3.63) is 78.0 Å². The van der Waals surface area contributed by atoms with Crippen LogP contribution in [0.15, 0.2) is 71.9 Å². The van der Waals surface area contributed by atoms with Crippen LogP contribution >= 0.6 is 23.1 Å². The summed E-state index contributed by atoms with van der Waals surface area (Å²) in [5.74, 6) is 1.49. The summed E-state index contributed by atoms with van der Waals surface area (Å²) in [5.41, 5.74) is 4.28. The van der Waals surface area contributed by atoms with E-state index in [1.165, 1.54) is 11.1 Å². The van der Waals surface area contributed by atoms with Gasteiger partial charge in [0.15, 0.2) is 11.0 Å². The largest absolute Gasteiger partial charge is 0.297 e. The highest BCUT2D eigenvalue weighted by molar-refractivity contribution is 7.98. The van der Waals surface area contributed by atoms with Crippen LogP contribution in [0.1, 0.15) is 11.3 Å². The molecule has 140 valence electrons. The molecule has 28 heavy (non-hydrogen) atoms. The Labute approximate surface area is 172 Å². The van der Waals surface area contributed by atoms with Crippen molar-refractivity contribution in [2.24, 2.45) is 0 Å². The average Bonchev–Trinajstić information content (AvgIpc) is 3.35. The summed E-state index contributed by atoms with van der Waals surface area (Å²) in [6.45, 7) is 6.60. The van der Waals surface area contributed by atoms with Crippen LogP contribution in [0.4, 0.5) is 0 Å². The summed E-state index contributed by atoms with van der Waals surface area (Å²) in [6.07, 6.45) is 3.61. The summed E-state index contributed by atoms with van der Waals surface area (Å²) < 4.78 is 2.04. The number of thioether (sulfide) groups is 1. The summed E-state index contributed by atoms with van der Waals surface area (Å²) in [5, 5.41) is 12.7. The van der Waals surface area contributed by atoms with E-state index >= 15 is 0 Å². The molecule has 3 aromatic heterocycles. The molecule has 0 radical (unpaired) electrons. The number of hydrogen-bond acceptors (Lipinski definition) is 6. The van der Waals surface area contributed by atoms with Gasteiger partial charge in [-0.1, -0.05) is 48.2 Å². The van der Waals surface area contributed by atoms with Crippen LogP contribution in [0.25, 0.3) is 22.1 Å². The highest BCUT2D eigenvalue weighted by Gasteiger charge is 2.15. The molecule has 4 rings (SSSR count). The standard InChI is InChI=1S/C21H19N5S2/c1-3-12-26-19(18-10-6-7-11-22-18)24-25-21(26)28-14-16-13-27-20(23-16)17-9-5-4-8-15(17)2/h3-11,13H,1,12,14H2,2H3. The minimum Gasteiger partial charge on any atom is -0.297 e. The minimum atomic E-state index is 0.632. The van der Waals surface area contributed by atoms with Crippen LogP contribution in [0.2, 0.25) is 0 Å². The number of thiazole rings is 1. The van der Waals surface area contributed by atoms with Crippen molar-refractivity contribution in [3.8, 4) is 22.1 Å². The van der Waals surface area contributed by atoms with Gasteiger partial charge in [-0.2, -0.15) is 0 Å². The molecule has 0 bridgehead atoms. The molecule has 0 aliphatic rings. The Balaban J connectivity index is 1.54. The molecule has 5 nitrogen and oxygen atoms in total. The Morgan fingerprint density at radius 2 is 2.00 bits per heavy atom. The maximum atomic E-state index is 4.80. The summed E-state index contributed by atoms with van der Waals surface area (Å²) in [4.78, 5) is 9.20. The number of nitrogens with zero attached hydrogens (tertiary/aromatic N) is 5. The Morgan fingerprint density at radius 1 is 1.14 bits per heavy atom. The fourth-order valence-corrected chi connectivity index (χ4v) is 4.68. The number of allylic oxidation sites excluding steroid dienone is 1. The zero-order valence-corrected chi connectivity index (χ0v) is 17.1. The van der Waals surface area contributed by atoms with Gasteiger partial charge in [-0.3, -0.25) is 9.55 Å². The monoisotopic (exact) mass is 405 g/mol. The first-order valence-corrected chi connectivity index (χ1v) is 10.7. The first kappa shape index (κ1) is 18.6. The summed E-state index contributed by atoms with van der Waals surface area (Å²) in [6, 6.07) is 14.1. The second-order valence-electron chi connectivity index (χ2n) is 6.17. The van der Waals surface area contributed by atoms with Crippen LogP contribution in [0, 0.1) is 6.92 Å². The molecule has 0 amide bonds. The lowest BCUT2D eigenvalue weighted by Gasteiger charge is -2.06. The maximum Gasteiger partial charge on any atom is 0.192 e. The fourth-order valence-electron chi connectivity index (χ4n) is 2.82. The second kappa shape index (κ2) is 8.50. The van der Waals surface area contributed by atoms with E-state index in [4.69, 9.17) is 4.98 Å². The van der Waals surface area contributed by atoms with Crippen molar-refractivity contribution >= 4 is 23.1 Å². The van der Waals surface area contributed by atoms with E-state index in [1.807, 2.05) is 28.8 Å². The van der Waals surface area contributed by atoms with Gasteiger partial charge in [0.2, 0.25) is 0 Å². The third-order valence-electron chi connectivity index (χ3n) is 4.20. The van der Waals surface area contributed by atoms with Gasteiger partial charge in [-0.25, -0.2) is 4.98 Å². The third kappa shape index (κ3) is 3.90. The van der Waals surface area contributed by atoms with E-state index in [1.54, 1.807) is 29.3 Å². The van der Waals surface area contributed by atoms with Crippen molar-refractivity contribution in [2.75, 3.05) is 0 Å². The Bertz CT molecular complexity index is 1090. The summed E-state index contributed by atoms with van der Waals surface area (Å²) in [7, 11) is 0. The smallest absolute Gasteiger partial charge is 0.192 e. The molecule has 1 aromatic carbocycles. The fraction of sp³-hybridized carbons (Fsp3) is 0.143. The molecule has 0 N–H and O–H groups in total. The number of aryl methyl sites for hydroxylation is 1. The second-order valence-corrected chi connectivity index (χ2v) is 7.97. The van der Waals surface area contributed by atoms with Crippen molar-refractivity contribution in [3.63, 3.8) is 0 Å². The highest BCUT2D eigenvalue weighted by Crippen LogP contribution is 2.30. The molecule has 7 heteroatoms. The molecule has 3 heterocycles. The Kier molecular flexibility index (Phi) is 5.64. The molecule has 0 fully saturated rings. The van der Waals surface area contributed by atoms with E-state index in [-0.39, 0.29) is 0 Å². The van der Waals surface area contributed by atoms with Gasteiger partial charge in [-0.15, -0.1) is 28.1 Å². The lowest BCUT2D eigenvalue weighted by molar-refractivity contribution is 0.729. The molecule has 0 atom stereocenters. The number of pyridine rings is 1. The molecule has 0 aliphatic carbocycles. The number of benzene rings is 1. The van der Waals surface area contributed by atoms with E-state index in [0.29, 0.717) is 6.54 Å². The average molecular weight is 406 g/mol. The highest BCUT2D eigenvalue weighted by atomic mass is 32.2. The van der Waals surface area contributed by atoms with Gasteiger partial charge < -0.3 is 0 Å². The SMILES string of the molecule is C=CCn1c(SCc2csc(-c3ccccc3C)n2)nnc1-c1ccccn1. The van der Waals surface area contributed by atoms with Crippen LogP contribution in [0.5, 0.6) is 0 Å². The van der Waals surface area contributed by atoms with E-state index < -0.39 is 0 Å². The van der Waals surface area contributed by atoms with E-state index in [9.17, 15) is 0 Å². The van der Waals surface area contributed by atoms with Crippen LogP contribution in [-0.2, 0) is 12.3 Å². The quantitative estimate of drug-likeness (QED) is 0.310. The van der Waals surface area contributed by atoms with Crippen molar-refractivity contribution in [1.82, 2.24) is 24.7 Å². The van der Waals surface area contributed by atoms with E-state index in [0.717, 1.165) is 33.1 Å². The van der Waals surface area contributed by atoms with Gasteiger partial charge >= 0.3 is 0 Å². The first-order valence-electron chi connectivity index (χ1n) is 8.85. The topological polar surface area (TPSA) is 56.5 Å². The molecule has 0 spiro atoms. The normalized spacial score (nSPS) is 10.9. The maximum absolute atomic E-state index is 4.80. The van der Waals surface area contributed by atoms with Gasteiger partial charge in [0, 0.05) is 29.4 Å². The lowest BCUT2D eigenvalue weighted by atomic mass is 10.1. The van der Waals surface area contributed by atoms with Crippen LogP contribution in [-0.4, -0.2) is 24.7 Å². The van der Waals surface area contributed by atoms with Gasteiger partial charge in [-0.05, 0) is 24.6 Å². The molecular weight excluding hydrogens is 386 g/mol. The molecule has 4 aromatic rings. The third-order valence-corrected chi connectivity index (χ3v) is 6.12. The zero-order chi connectivity index (χ0) is 19.3. The van der Waals surface area contributed by atoms with Crippen molar-refractivity contribution in [2.45, 2.75) is 24.4 Å². The summed E-state index contributed by atoms with van der Waals surface area (Å²) >= 11 is 3.30. The predicted molar refractivity (Wildman–Crippen MR) is 115 cm³/mol. The van der Waals surface area contributed by atoms with Crippen LogP contribution < -0.4 is 0 Å². The van der Waals surface area contributed by atoms with Gasteiger partial charge in [0.25, 0.3) is 0 Å². The number of aromatic nitrogens is 5. The van der Waals surface area contributed by atoms with Crippen molar-refractivity contribution < 1.29 is 0 Å². The Morgan fingerprint density at radius 3 is 2.79 bits per heavy atom. The molecule has 0 saturated heterocycles. The Hall–Kier alpha value is -2.77.